The van der Waals surface area contributed by atoms with Crippen LogP contribution in [-0.4, -0.2) is 39.2 Å². The SMILES string of the molecule is Cc1c(CC(=O)c2cccc(C#N)c2)cnc2c1c(C1CCN(C(=O)[C@H](C)C3CCCC3)CC1)cn2C. The highest BCUT2D eigenvalue weighted by atomic mass is 16.2. The van der Waals surface area contributed by atoms with Gasteiger partial charge in [-0.2, -0.15) is 5.26 Å². The third-order valence-electron chi connectivity index (χ3n) is 8.79. The fourth-order valence-corrected chi connectivity index (χ4v) is 6.46. The maximum Gasteiger partial charge on any atom is 0.225 e. The summed E-state index contributed by atoms with van der Waals surface area (Å²) in [5, 5.41) is 10.3. The molecule has 0 bridgehead atoms. The van der Waals surface area contributed by atoms with E-state index in [4.69, 9.17) is 4.98 Å². The molecule has 3 heterocycles. The summed E-state index contributed by atoms with van der Waals surface area (Å²) in [4.78, 5) is 33.0. The van der Waals surface area contributed by atoms with E-state index in [0.717, 1.165) is 48.1 Å². The minimum Gasteiger partial charge on any atom is -0.342 e. The fraction of sp³-hybridized carbons (Fsp3) is 0.484. The second kappa shape index (κ2) is 10.5. The van der Waals surface area contributed by atoms with E-state index in [1.807, 2.05) is 13.2 Å². The van der Waals surface area contributed by atoms with Crippen LogP contribution >= 0.6 is 0 Å². The van der Waals surface area contributed by atoms with Gasteiger partial charge in [-0.3, -0.25) is 9.59 Å². The van der Waals surface area contributed by atoms with E-state index in [1.165, 1.54) is 31.2 Å². The molecule has 1 saturated carbocycles. The Bertz CT molecular complexity index is 1370. The average molecular weight is 497 g/mol. The van der Waals surface area contributed by atoms with Gasteiger partial charge in [-0.1, -0.05) is 31.9 Å². The van der Waals surface area contributed by atoms with E-state index in [1.54, 1.807) is 24.3 Å². The van der Waals surface area contributed by atoms with Gasteiger partial charge in [-0.05, 0) is 73.3 Å². The molecule has 5 rings (SSSR count). The summed E-state index contributed by atoms with van der Waals surface area (Å²) in [6, 6.07) is 8.98. The number of hydrogen-bond acceptors (Lipinski definition) is 4. The molecule has 0 unspecified atom stereocenters. The van der Waals surface area contributed by atoms with Gasteiger partial charge < -0.3 is 9.47 Å². The number of aromatic nitrogens is 2. The molecule has 1 amide bonds. The summed E-state index contributed by atoms with van der Waals surface area (Å²) >= 11 is 0. The Morgan fingerprint density at radius 1 is 1.16 bits per heavy atom. The Hall–Kier alpha value is -3.46. The van der Waals surface area contributed by atoms with Crippen molar-refractivity contribution in [3.05, 3.63) is 64.5 Å². The smallest absolute Gasteiger partial charge is 0.225 e. The van der Waals surface area contributed by atoms with Gasteiger partial charge in [0.1, 0.15) is 5.65 Å². The standard InChI is InChI=1S/C31H36N4O2/c1-20-26(16-28(36)25-10-6-7-22(15-25)17-32)18-33-30-29(20)27(19-34(30)3)24-11-13-35(14-12-24)31(37)21(2)23-8-4-5-9-23/h6-7,10,15,18-19,21,23-24H,4-5,8-9,11-14,16H2,1-3H3/t21-/m1/s1. The summed E-state index contributed by atoms with van der Waals surface area (Å²) < 4.78 is 2.08. The third kappa shape index (κ3) is 4.92. The summed E-state index contributed by atoms with van der Waals surface area (Å²) in [7, 11) is 2.03. The number of amides is 1. The van der Waals surface area contributed by atoms with Crippen molar-refractivity contribution in [2.75, 3.05) is 13.1 Å². The molecule has 0 spiro atoms. The molecule has 1 aromatic carbocycles. The number of piperidine rings is 1. The normalized spacial score (nSPS) is 17.7. The number of nitrogens with zero attached hydrogens (tertiary/aromatic N) is 4. The molecule has 1 aliphatic heterocycles. The molecular weight excluding hydrogens is 460 g/mol. The highest BCUT2D eigenvalue weighted by Crippen LogP contribution is 2.38. The Balaban J connectivity index is 1.34. The molecule has 6 nitrogen and oxygen atoms in total. The lowest BCUT2D eigenvalue weighted by Crippen LogP contribution is -2.42. The molecule has 192 valence electrons. The first-order chi connectivity index (χ1) is 17.9. The van der Waals surface area contributed by atoms with Crippen molar-refractivity contribution >= 4 is 22.7 Å². The van der Waals surface area contributed by atoms with E-state index in [2.05, 4.69) is 35.6 Å². The predicted molar refractivity (Wildman–Crippen MR) is 144 cm³/mol. The minimum atomic E-state index is -0.0120. The van der Waals surface area contributed by atoms with Crippen molar-refractivity contribution in [3.8, 4) is 6.07 Å². The highest BCUT2D eigenvalue weighted by Gasteiger charge is 2.33. The Labute approximate surface area is 219 Å². The molecule has 1 atom stereocenters. The number of pyridine rings is 1. The molecule has 3 aromatic rings. The lowest BCUT2D eigenvalue weighted by Gasteiger charge is -2.35. The van der Waals surface area contributed by atoms with Crippen LogP contribution in [0.1, 0.15) is 84.0 Å². The number of likely N-dealkylation sites (tertiary alicyclic amines) is 1. The van der Waals surface area contributed by atoms with E-state index >= 15 is 0 Å². The van der Waals surface area contributed by atoms with Gasteiger partial charge >= 0.3 is 0 Å². The monoisotopic (exact) mass is 496 g/mol. The van der Waals surface area contributed by atoms with Gasteiger partial charge in [-0.15, -0.1) is 0 Å². The fourth-order valence-electron chi connectivity index (χ4n) is 6.46. The largest absolute Gasteiger partial charge is 0.342 e. The van der Waals surface area contributed by atoms with Gasteiger partial charge in [0.2, 0.25) is 5.91 Å². The molecule has 37 heavy (non-hydrogen) atoms. The molecular formula is C31H36N4O2. The maximum atomic E-state index is 13.2. The van der Waals surface area contributed by atoms with Crippen LogP contribution in [0.2, 0.25) is 0 Å². The van der Waals surface area contributed by atoms with Crippen molar-refractivity contribution < 1.29 is 9.59 Å². The lowest BCUT2D eigenvalue weighted by atomic mass is 9.86. The molecule has 1 aliphatic carbocycles. The summed E-state index contributed by atoms with van der Waals surface area (Å²) in [6.45, 7) is 5.82. The van der Waals surface area contributed by atoms with Crippen LogP contribution in [0.15, 0.2) is 36.7 Å². The second-order valence-electron chi connectivity index (χ2n) is 11.0. The van der Waals surface area contributed by atoms with Crippen LogP contribution in [-0.2, 0) is 18.3 Å². The van der Waals surface area contributed by atoms with Crippen LogP contribution in [0.5, 0.6) is 0 Å². The molecule has 6 heteroatoms. The zero-order valence-electron chi connectivity index (χ0n) is 22.2. The summed E-state index contributed by atoms with van der Waals surface area (Å²) in [5.74, 6) is 1.38. The number of rotatable bonds is 6. The first-order valence-corrected chi connectivity index (χ1v) is 13.6. The number of ketones is 1. The number of aryl methyl sites for hydroxylation is 2. The number of benzene rings is 1. The molecule has 2 fully saturated rings. The molecule has 2 aliphatic rings. The van der Waals surface area contributed by atoms with Crippen LogP contribution in [0.4, 0.5) is 0 Å². The Morgan fingerprint density at radius 3 is 2.59 bits per heavy atom. The van der Waals surface area contributed by atoms with Crippen molar-refractivity contribution in [1.29, 1.82) is 5.26 Å². The summed E-state index contributed by atoms with van der Waals surface area (Å²) in [5.41, 5.74) is 5.27. The van der Waals surface area contributed by atoms with Gasteiger partial charge in [0.25, 0.3) is 0 Å². The van der Waals surface area contributed by atoms with Gasteiger partial charge in [0.15, 0.2) is 5.78 Å². The quantitative estimate of drug-likeness (QED) is 0.410. The topological polar surface area (TPSA) is 79.0 Å². The van der Waals surface area contributed by atoms with Crippen LogP contribution in [0, 0.1) is 30.1 Å². The molecule has 0 N–H and O–H groups in total. The van der Waals surface area contributed by atoms with Crippen LogP contribution in [0.3, 0.4) is 0 Å². The number of fused-ring (bicyclic) bond motifs is 1. The molecule has 1 saturated heterocycles. The van der Waals surface area contributed by atoms with Crippen molar-refractivity contribution in [3.63, 3.8) is 0 Å². The van der Waals surface area contributed by atoms with Crippen molar-refractivity contribution in [1.82, 2.24) is 14.5 Å². The van der Waals surface area contributed by atoms with Crippen LogP contribution < -0.4 is 0 Å². The Morgan fingerprint density at radius 2 is 1.89 bits per heavy atom. The lowest BCUT2D eigenvalue weighted by molar-refractivity contribution is -0.137. The van der Waals surface area contributed by atoms with E-state index < -0.39 is 0 Å². The number of carbonyl (C=O) groups excluding carboxylic acids is 2. The Kier molecular flexibility index (Phi) is 7.15. The van der Waals surface area contributed by atoms with Gasteiger partial charge in [0.05, 0.1) is 11.6 Å². The zero-order chi connectivity index (χ0) is 26.1. The number of nitriles is 1. The highest BCUT2D eigenvalue weighted by molar-refractivity contribution is 5.98. The second-order valence-corrected chi connectivity index (χ2v) is 11.0. The predicted octanol–water partition coefficient (Wildman–Crippen LogP) is 5.71. The van der Waals surface area contributed by atoms with E-state index in [9.17, 15) is 14.9 Å². The minimum absolute atomic E-state index is 0.0120. The maximum absolute atomic E-state index is 13.2. The van der Waals surface area contributed by atoms with Crippen molar-refractivity contribution in [2.45, 2.75) is 64.7 Å². The van der Waals surface area contributed by atoms with Gasteiger partial charge in [-0.25, -0.2) is 4.98 Å². The first-order valence-electron chi connectivity index (χ1n) is 13.6. The average Bonchev–Trinajstić information content (AvgIpc) is 3.58. The molecule has 2 aromatic heterocycles. The first kappa shape index (κ1) is 25.2. The summed E-state index contributed by atoms with van der Waals surface area (Å²) in [6.07, 6.45) is 11.1. The third-order valence-corrected chi connectivity index (χ3v) is 8.79. The number of Topliss-reactive ketones (excluding diaryl/α,β-unsaturated/α-hetero) is 1. The number of carbonyl (C=O) groups is 2. The van der Waals surface area contributed by atoms with Crippen LogP contribution in [0.25, 0.3) is 11.0 Å². The van der Waals surface area contributed by atoms with E-state index in [-0.39, 0.29) is 18.1 Å². The van der Waals surface area contributed by atoms with Crippen molar-refractivity contribution in [2.24, 2.45) is 18.9 Å². The zero-order valence-corrected chi connectivity index (χ0v) is 22.2. The van der Waals surface area contributed by atoms with Gasteiger partial charge in [0, 0.05) is 55.8 Å². The van der Waals surface area contributed by atoms with E-state index in [0.29, 0.717) is 28.9 Å². The molecule has 0 radical (unpaired) electrons. The number of hydrogen-bond donors (Lipinski definition) is 0.